The Hall–Kier alpha value is -2.04. The molecule has 5 nitrogen and oxygen atoms in total. The summed E-state index contributed by atoms with van der Waals surface area (Å²) in [6.45, 7) is 4.29. The van der Waals surface area contributed by atoms with Gasteiger partial charge >= 0.3 is 5.97 Å². The zero-order valence-electron chi connectivity index (χ0n) is 13.6. The number of aryl methyl sites for hydroxylation is 1. The summed E-state index contributed by atoms with van der Waals surface area (Å²) in [7, 11) is 1.39. The molecule has 0 saturated carbocycles. The van der Waals surface area contributed by atoms with Crippen LogP contribution in [0.1, 0.15) is 38.2 Å². The molecule has 0 bridgehead atoms. The van der Waals surface area contributed by atoms with E-state index in [1.165, 1.54) is 7.11 Å². The lowest BCUT2D eigenvalue weighted by atomic mass is 10.2. The van der Waals surface area contributed by atoms with E-state index >= 15 is 0 Å². The van der Waals surface area contributed by atoms with Gasteiger partial charge in [0.25, 0.3) is 5.91 Å². The molecule has 1 rings (SSSR count). The fourth-order valence-electron chi connectivity index (χ4n) is 1.97. The second-order valence-electron chi connectivity index (χ2n) is 5.25. The van der Waals surface area contributed by atoms with Gasteiger partial charge in [0, 0.05) is 13.0 Å². The molecule has 0 heterocycles. The first kappa shape index (κ1) is 18.0. The van der Waals surface area contributed by atoms with Crippen molar-refractivity contribution in [2.75, 3.05) is 13.7 Å². The number of unbranched alkanes of at least 4 members (excludes halogenated alkanes) is 2. The third-order valence-electron chi connectivity index (χ3n) is 3.26. The van der Waals surface area contributed by atoms with Crippen molar-refractivity contribution in [2.45, 2.75) is 45.6 Å². The van der Waals surface area contributed by atoms with Gasteiger partial charge in [0.05, 0.1) is 7.11 Å². The third-order valence-corrected chi connectivity index (χ3v) is 3.26. The summed E-state index contributed by atoms with van der Waals surface area (Å²) in [5, 5.41) is 2.84. The first-order chi connectivity index (χ1) is 10.5. The summed E-state index contributed by atoms with van der Waals surface area (Å²) in [6.07, 6.45) is 2.38. The number of methoxy groups -OCH3 is 1. The number of hydrogen-bond donors (Lipinski definition) is 1. The van der Waals surface area contributed by atoms with Gasteiger partial charge in [-0.3, -0.25) is 9.59 Å². The quantitative estimate of drug-likeness (QED) is 0.562. The molecule has 0 fully saturated rings. The highest BCUT2D eigenvalue weighted by Gasteiger charge is 2.13. The van der Waals surface area contributed by atoms with Crippen LogP contribution >= 0.6 is 0 Å². The predicted molar refractivity (Wildman–Crippen MR) is 84.8 cm³/mol. The third kappa shape index (κ3) is 7.11. The molecule has 22 heavy (non-hydrogen) atoms. The van der Waals surface area contributed by atoms with Gasteiger partial charge in [0.2, 0.25) is 0 Å². The monoisotopic (exact) mass is 307 g/mol. The second-order valence-corrected chi connectivity index (χ2v) is 5.25. The highest BCUT2D eigenvalue weighted by atomic mass is 16.5. The minimum Gasteiger partial charge on any atom is -0.481 e. The molecule has 122 valence electrons. The van der Waals surface area contributed by atoms with Crippen LogP contribution in [0.25, 0.3) is 0 Å². The molecule has 1 aromatic carbocycles. The molecule has 0 aromatic heterocycles. The number of carbonyl (C=O) groups is 2. The maximum absolute atomic E-state index is 11.9. The smallest absolute Gasteiger partial charge is 0.305 e. The van der Waals surface area contributed by atoms with E-state index in [4.69, 9.17) is 4.74 Å². The predicted octanol–water partition coefficient (Wildman–Crippen LogP) is 2.61. The fourth-order valence-corrected chi connectivity index (χ4v) is 1.97. The van der Waals surface area contributed by atoms with E-state index in [0.29, 0.717) is 18.7 Å². The molecule has 0 radical (unpaired) electrons. The Morgan fingerprint density at radius 3 is 2.68 bits per heavy atom. The van der Waals surface area contributed by atoms with Gasteiger partial charge in [-0.1, -0.05) is 18.6 Å². The molecule has 1 aromatic rings. The molecule has 1 N–H and O–H groups in total. The van der Waals surface area contributed by atoms with Crippen LogP contribution in [0.15, 0.2) is 24.3 Å². The van der Waals surface area contributed by atoms with Crippen molar-refractivity contribution in [1.29, 1.82) is 0 Å². The molecule has 5 heteroatoms. The lowest BCUT2D eigenvalue weighted by Gasteiger charge is -2.15. The number of carbonyl (C=O) groups excluding carboxylic acids is 2. The van der Waals surface area contributed by atoms with E-state index < -0.39 is 6.10 Å². The van der Waals surface area contributed by atoms with Crippen LogP contribution < -0.4 is 10.1 Å². The number of benzene rings is 1. The summed E-state index contributed by atoms with van der Waals surface area (Å²) in [4.78, 5) is 22.8. The normalized spacial score (nSPS) is 11.6. The standard InChI is InChI=1S/C17H25NO4/c1-13-8-7-9-15(12-13)22-14(2)17(20)18-11-6-4-5-10-16(19)21-3/h7-9,12,14H,4-6,10-11H2,1-3H3,(H,18,20). The van der Waals surface area contributed by atoms with Gasteiger partial charge in [0.15, 0.2) is 6.10 Å². The van der Waals surface area contributed by atoms with Crippen molar-refractivity contribution >= 4 is 11.9 Å². The van der Waals surface area contributed by atoms with E-state index in [-0.39, 0.29) is 11.9 Å². The number of rotatable bonds is 9. The van der Waals surface area contributed by atoms with Crippen LogP contribution in [-0.4, -0.2) is 31.6 Å². The van der Waals surface area contributed by atoms with Gasteiger partial charge in [-0.15, -0.1) is 0 Å². The van der Waals surface area contributed by atoms with Crippen molar-refractivity contribution in [3.63, 3.8) is 0 Å². The van der Waals surface area contributed by atoms with Crippen molar-refractivity contribution in [2.24, 2.45) is 0 Å². The summed E-state index contributed by atoms with van der Waals surface area (Å²) in [5.74, 6) is 0.374. The highest BCUT2D eigenvalue weighted by Crippen LogP contribution is 2.14. The molecule has 0 saturated heterocycles. The SMILES string of the molecule is COC(=O)CCCCCNC(=O)C(C)Oc1cccc(C)c1. The Bertz CT molecular complexity index is 487. The van der Waals surface area contributed by atoms with E-state index in [1.807, 2.05) is 31.2 Å². The average Bonchev–Trinajstić information content (AvgIpc) is 2.50. The zero-order valence-corrected chi connectivity index (χ0v) is 13.6. The van der Waals surface area contributed by atoms with E-state index in [0.717, 1.165) is 24.8 Å². The summed E-state index contributed by atoms with van der Waals surface area (Å²) in [5.41, 5.74) is 1.09. The van der Waals surface area contributed by atoms with E-state index in [1.54, 1.807) is 6.92 Å². The van der Waals surface area contributed by atoms with Gasteiger partial charge < -0.3 is 14.8 Å². The van der Waals surface area contributed by atoms with Gasteiger partial charge in [-0.05, 0) is 44.4 Å². The van der Waals surface area contributed by atoms with Crippen LogP contribution in [0.2, 0.25) is 0 Å². The lowest BCUT2D eigenvalue weighted by Crippen LogP contribution is -2.36. The molecule has 0 aliphatic carbocycles. The molecule has 1 atom stereocenters. The molecule has 0 aliphatic heterocycles. The zero-order chi connectivity index (χ0) is 16.4. The van der Waals surface area contributed by atoms with Crippen LogP contribution in [0.5, 0.6) is 5.75 Å². The summed E-state index contributed by atoms with van der Waals surface area (Å²) in [6, 6.07) is 7.61. The van der Waals surface area contributed by atoms with E-state index in [2.05, 4.69) is 10.1 Å². The molecule has 1 unspecified atom stereocenters. The molecule has 1 amide bonds. The second kappa shape index (κ2) is 9.82. The summed E-state index contributed by atoms with van der Waals surface area (Å²) >= 11 is 0. The van der Waals surface area contributed by atoms with Crippen LogP contribution in [0, 0.1) is 6.92 Å². The average molecular weight is 307 g/mol. The minimum absolute atomic E-state index is 0.130. The van der Waals surface area contributed by atoms with Crippen molar-refractivity contribution in [3.05, 3.63) is 29.8 Å². The summed E-state index contributed by atoms with van der Waals surface area (Å²) < 4.78 is 10.2. The molecule has 0 spiro atoms. The number of esters is 1. The highest BCUT2D eigenvalue weighted by molar-refractivity contribution is 5.80. The first-order valence-electron chi connectivity index (χ1n) is 7.60. The first-order valence-corrected chi connectivity index (χ1v) is 7.60. The maximum Gasteiger partial charge on any atom is 0.305 e. The van der Waals surface area contributed by atoms with Crippen LogP contribution in [0.4, 0.5) is 0 Å². The van der Waals surface area contributed by atoms with Gasteiger partial charge in [-0.25, -0.2) is 0 Å². The lowest BCUT2D eigenvalue weighted by molar-refractivity contribution is -0.140. The fraction of sp³-hybridized carbons (Fsp3) is 0.529. The van der Waals surface area contributed by atoms with Crippen LogP contribution in [0.3, 0.4) is 0 Å². The number of hydrogen-bond acceptors (Lipinski definition) is 4. The molecular weight excluding hydrogens is 282 g/mol. The topological polar surface area (TPSA) is 64.6 Å². The van der Waals surface area contributed by atoms with Gasteiger partial charge in [0.1, 0.15) is 5.75 Å². The van der Waals surface area contributed by atoms with Crippen LogP contribution in [-0.2, 0) is 14.3 Å². The number of amides is 1. The van der Waals surface area contributed by atoms with Gasteiger partial charge in [-0.2, -0.15) is 0 Å². The Morgan fingerprint density at radius 2 is 2.00 bits per heavy atom. The Kier molecular flexibility index (Phi) is 8.04. The Balaban J connectivity index is 2.18. The Morgan fingerprint density at radius 1 is 1.23 bits per heavy atom. The minimum atomic E-state index is -0.531. The number of ether oxygens (including phenoxy) is 2. The van der Waals surface area contributed by atoms with Crippen molar-refractivity contribution in [3.8, 4) is 5.75 Å². The van der Waals surface area contributed by atoms with Crippen molar-refractivity contribution in [1.82, 2.24) is 5.32 Å². The molecule has 0 aliphatic rings. The van der Waals surface area contributed by atoms with Crippen molar-refractivity contribution < 1.29 is 19.1 Å². The Labute approximate surface area is 132 Å². The molecular formula is C17H25NO4. The maximum atomic E-state index is 11.9. The number of nitrogens with one attached hydrogen (secondary N) is 1. The largest absolute Gasteiger partial charge is 0.481 e. The van der Waals surface area contributed by atoms with E-state index in [9.17, 15) is 9.59 Å².